The number of benzene rings is 2. The van der Waals surface area contributed by atoms with Crippen LogP contribution in [0.5, 0.6) is 5.75 Å². The number of ether oxygens (including phenoxy) is 1. The average Bonchev–Trinajstić information content (AvgIpc) is 2.73. The van der Waals surface area contributed by atoms with E-state index in [0.717, 1.165) is 0 Å². The van der Waals surface area contributed by atoms with Gasteiger partial charge in [0.15, 0.2) is 0 Å². The van der Waals surface area contributed by atoms with Crippen molar-refractivity contribution in [3.63, 3.8) is 0 Å². The van der Waals surface area contributed by atoms with Crippen LogP contribution in [0, 0.1) is 0 Å². The fraction of sp³-hybridized carbons (Fsp3) is 0.0909. The highest BCUT2D eigenvalue weighted by molar-refractivity contribution is 5.94. The predicted octanol–water partition coefficient (Wildman–Crippen LogP) is 4.77. The van der Waals surface area contributed by atoms with Crippen LogP contribution in [0.3, 0.4) is 0 Å². The highest BCUT2D eigenvalue weighted by Gasteiger charge is 2.31. The number of amides is 1. The van der Waals surface area contributed by atoms with Crippen molar-refractivity contribution < 1.29 is 22.7 Å². The quantitative estimate of drug-likeness (QED) is 0.499. The van der Waals surface area contributed by atoms with Crippen LogP contribution < -0.4 is 10.1 Å². The molecule has 9 heteroatoms. The Bertz CT molecular complexity index is 1230. The summed E-state index contributed by atoms with van der Waals surface area (Å²) in [6.07, 6.45) is -1.72. The van der Waals surface area contributed by atoms with E-state index in [1.165, 1.54) is 24.4 Å². The fourth-order valence-corrected chi connectivity index (χ4v) is 3.02. The Morgan fingerprint density at radius 3 is 2.61 bits per heavy atom. The maximum Gasteiger partial charge on any atom is 0.573 e. The lowest BCUT2D eigenvalue weighted by atomic mass is 10.1. The molecule has 2 aromatic heterocycles. The first-order valence-electron chi connectivity index (χ1n) is 9.19. The molecule has 0 fully saturated rings. The van der Waals surface area contributed by atoms with Gasteiger partial charge >= 0.3 is 6.36 Å². The lowest BCUT2D eigenvalue weighted by molar-refractivity contribution is -0.274. The first kappa shape index (κ1) is 20.3. The minimum absolute atomic E-state index is 0.0310. The van der Waals surface area contributed by atoms with Crippen molar-refractivity contribution in [1.82, 2.24) is 15.0 Å². The monoisotopic (exact) mass is 424 g/mol. The zero-order valence-electron chi connectivity index (χ0n) is 15.9. The first-order valence-corrected chi connectivity index (χ1v) is 9.19. The Balaban J connectivity index is 1.63. The standard InChI is InChI=1S/C22H15F3N4O2/c23-22(24,25)31-16-7-3-5-14(11-16)18-13-27-17-8-4-6-15(21(17)28-18)12-20(30)29-19-9-1-2-10-26-19/h1-11,13H,12H2,(H,26,29,30). The van der Waals surface area contributed by atoms with Crippen LogP contribution in [0.2, 0.25) is 0 Å². The maximum absolute atomic E-state index is 12.5. The molecule has 31 heavy (non-hydrogen) atoms. The molecule has 2 aromatic carbocycles. The van der Waals surface area contributed by atoms with Crippen molar-refractivity contribution in [2.45, 2.75) is 12.8 Å². The van der Waals surface area contributed by atoms with Crippen molar-refractivity contribution in [3.8, 4) is 17.0 Å². The Hall–Kier alpha value is -4.01. The molecule has 0 aliphatic rings. The lowest BCUT2D eigenvalue weighted by Crippen LogP contribution is -2.17. The van der Waals surface area contributed by atoms with Gasteiger partial charge in [0.2, 0.25) is 5.91 Å². The van der Waals surface area contributed by atoms with E-state index in [4.69, 9.17) is 0 Å². The minimum atomic E-state index is -4.79. The summed E-state index contributed by atoms with van der Waals surface area (Å²) in [5.41, 5.74) is 2.44. The number of nitrogens with one attached hydrogen (secondary N) is 1. The Kier molecular flexibility index (Phi) is 5.48. The minimum Gasteiger partial charge on any atom is -0.406 e. The van der Waals surface area contributed by atoms with Crippen molar-refractivity contribution in [2.24, 2.45) is 0 Å². The van der Waals surface area contributed by atoms with E-state index in [1.807, 2.05) is 0 Å². The van der Waals surface area contributed by atoms with Crippen LogP contribution in [0.15, 0.2) is 73.1 Å². The van der Waals surface area contributed by atoms with Gasteiger partial charge in [-0.15, -0.1) is 13.2 Å². The Labute approximate surface area is 174 Å². The van der Waals surface area contributed by atoms with Crippen LogP contribution in [0.25, 0.3) is 22.3 Å². The number of carbonyl (C=O) groups excluding carboxylic acids is 1. The number of para-hydroxylation sites is 1. The van der Waals surface area contributed by atoms with E-state index >= 15 is 0 Å². The van der Waals surface area contributed by atoms with Gasteiger partial charge in [-0.05, 0) is 35.9 Å². The molecule has 0 aliphatic carbocycles. The number of anilines is 1. The van der Waals surface area contributed by atoms with E-state index < -0.39 is 6.36 Å². The van der Waals surface area contributed by atoms with Crippen LogP contribution in [0.4, 0.5) is 19.0 Å². The van der Waals surface area contributed by atoms with E-state index in [9.17, 15) is 18.0 Å². The number of alkyl halides is 3. The summed E-state index contributed by atoms with van der Waals surface area (Å²) in [5, 5.41) is 2.71. The van der Waals surface area contributed by atoms with Gasteiger partial charge in [-0.3, -0.25) is 9.78 Å². The van der Waals surface area contributed by atoms with Gasteiger partial charge < -0.3 is 10.1 Å². The third-order valence-electron chi connectivity index (χ3n) is 4.30. The van der Waals surface area contributed by atoms with E-state index in [2.05, 4.69) is 25.0 Å². The van der Waals surface area contributed by atoms with Crippen LogP contribution in [-0.2, 0) is 11.2 Å². The molecule has 0 spiro atoms. The third kappa shape index (κ3) is 5.13. The van der Waals surface area contributed by atoms with Gasteiger partial charge in [-0.1, -0.05) is 30.3 Å². The number of fused-ring (bicyclic) bond motifs is 1. The Morgan fingerprint density at radius 2 is 1.84 bits per heavy atom. The van der Waals surface area contributed by atoms with Gasteiger partial charge in [0.05, 0.1) is 29.3 Å². The summed E-state index contributed by atoms with van der Waals surface area (Å²) in [4.78, 5) is 25.4. The van der Waals surface area contributed by atoms with Gasteiger partial charge in [-0.25, -0.2) is 9.97 Å². The Morgan fingerprint density at radius 1 is 1.00 bits per heavy atom. The number of hydrogen-bond donors (Lipinski definition) is 1. The molecule has 0 saturated carbocycles. The van der Waals surface area contributed by atoms with Gasteiger partial charge in [0.25, 0.3) is 0 Å². The molecule has 156 valence electrons. The largest absolute Gasteiger partial charge is 0.573 e. The number of pyridine rings is 1. The number of nitrogens with zero attached hydrogens (tertiary/aromatic N) is 3. The molecule has 0 atom stereocenters. The van der Waals surface area contributed by atoms with Crippen molar-refractivity contribution >= 4 is 22.8 Å². The number of halogens is 3. The number of rotatable bonds is 5. The van der Waals surface area contributed by atoms with Gasteiger partial charge in [0.1, 0.15) is 11.6 Å². The molecule has 0 unspecified atom stereocenters. The van der Waals surface area contributed by atoms with Gasteiger partial charge in [0, 0.05) is 11.8 Å². The molecule has 0 bridgehead atoms. The zero-order chi connectivity index (χ0) is 21.8. The molecular weight excluding hydrogens is 409 g/mol. The maximum atomic E-state index is 12.5. The normalized spacial score (nSPS) is 11.3. The summed E-state index contributed by atoms with van der Waals surface area (Å²) in [5.74, 6) is -0.199. The summed E-state index contributed by atoms with van der Waals surface area (Å²) < 4.78 is 41.5. The lowest BCUT2D eigenvalue weighted by Gasteiger charge is -2.11. The molecule has 1 N–H and O–H groups in total. The van der Waals surface area contributed by atoms with Crippen LogP contribution in [-0.4, -0.2) is 27.2 Å². The van der Waals surface area contributed by atoms with Crippen LogP contribution >= 0.6 is 0 Å². The highest BCUT2D eigenvalue weighted by atomic mass is 19.4. The topological polar surface area (TPSA) is 77.0 Å². The number of hydrogen-bond acceptors (Lipinski definition) is 5. The molecule has 0 aliphatic heterocycles. The summed E-state index contributed by atoms with van der Waals surface area (Å²) >= 11 is 0. The number of aromatic nitrogens is 3. The van der Waals surface area contributed by atoms with Crippen LogP contribution in [0.1, 0.15) is 5.56 Å². The molecule has 0 radical (unpaired) electrons. The van der Waals surface area contributed by atoms with Crippen molar-refractivity contribution in [3.05, 3.63) is 78.6 Å². The van der Waals surface area contributed by atoms with E-state index in [-0.39, 0.29) is 18.1 Å². The molecule has 1 amide bonds. The SMILES string of the molecule is O=C(Cc1cccc2ncc(-c3cccc(OC(F)(F)F)c3)nc12)Nc1ccccn1. The van der Waals surface area contributed by atoms with E-state index in [1.54, 1.807) is 48.7 Å². The molecule has 6 nitrogen and oxygen atoms in total. The van der Waals surface area contributed by atoms with Gasteiger partial charge in [-0.2, -0.15) is 0 Å². The molecule has 2 heterocycles. The first-order chi connectivity index (χ1) is 14.9. The van der Waals surface area contributed by atoms with Crippen molar-refractivity contribution in [1.29, 1.82) is 0 Å². The summed E-state index contributed by atoms with van der Waals surface area (Å²) in [6, 6.07) is 15.9. The van der Waals surface area contributed by atoms with Crippen molar-refractivity contribution in [2.75, 3.05) is 5.32 Å². The number of carbonyl (C=O) groups is 1. The molecule has 4 aromatic rings. The third-order valence-corrected chi connectivity index (χ3v) is 4.30. The smallest absolute Gasteiger partial charge is 0.406 e. The summed E-state index contributed by atoms with van der Waals surface area (Å²) in [6.45, 7) is 0. The second-order valence-electron chi connectivity index (χ2n) is 6.56. The predicted molar refractivity (Wildman–Crippen MR) is 108 cm³/mol. The average molecular weight is 424 g/mol. The highest BCUT2D eigenvalue weighted by Crippen LogP contribution is 2.28. The molecule has 0 saturated heterocycles. The molecular formula is C22H15F3N4O2. The second kappa shape index (κ2) is 8.39. The van der Waals surface area contributed by atoms with E-state index in [0.29, 0.717) is 33.7 Å². The fourth-order valence-electron chi connectivity index (χ4n) is 3.02. The zero-order valence-corrected chi connectivity index (χ0v) is 15.9. The summed E-state index contributed by atoms with van der Waals surface area (Å²) in [7, 11) is 0. The molecule has 4 rings (SSSR count). The second-order valence-corrected chi connectivity index (χ2v) is 6.56.